The van der Waals surface area contributed by atoms with Crippen molar-refractivity contribution < 1.29 is 18.5 Å². The zero-order valence-electron chi connectivity index (χ0n) is 10.2. The number of anilines is 1. The van der Waals surface area contributed by atoms with Crippen LogP contribution >= 0.6 is 0 Å². The molecule has 0 unspecified atom stereocenters. The average Bonchev–Trinajstić information content (AvgIpc) is 2.36. The van der Waals surface area contributed by atoms with Crippen LogP contribution in [0.4, 0.5) is 20.2 Å². The third-order valence-electron chi connectivity index (χ3n) is 2.24. The number of rotatable bonds is 6. The molecule has 1 aromatic carbocycles. The second kappa shape index (κ2) is 6.62. The molecule has 19 heavy (non-hydrogen) atoms. The van der Waals surface area contributed by atoms with Gasteiger partial charge in [-0.1, -0.05) is 0 Å². The van der Waals surface area contributed by atoms with Crippen LogP contribution in [0, 0.1) is 10.1 Å². The normalized spacial score (nSPS) is 10.3. The summed E-state index contributed by atoms with van der Waals surface area (Å²) < 4.78 is 24.1. The lowest BCUT2D eigenvalue weighted by Gasteiger charge is -2.08. The minimum atomic E-state index is -2.62. The van der Waals surface area contributed by atoms with Crippen molar-refractivity contribution >= 4 is 17.3 Å². The molecule has 0 heterocycles. The molecule has 0 aliphatic rings. The van der Waals surface area contributed by atoms with E-state index >= 15 is 0 Å². The van der Waals surface area contributed by atoms with Gasteiger partial charge in [0.05, 0.1) is 11.5 Å². The molecule has 104 valence electrons. The summed E-state index contributed by atoms with van der Waals surface area (Å²) in [4.78, 5) is 21.6. The molecule has 0 saturated heterocycles. The van der Waals surface area contributed by atoms with Crippen molar-refractivity contribution in [2.75, 3.05) is 18.4 Å². The summed E-state index contributed by atoms with van der Waals surface area (Å²) in [6.45, 7) is 1.41. The Balaban J connectivity index is 3.01. The summed E-state index contributed by atoms with van der Waals surface area (Å²) in [5.41, 5.74) is -0.348. The van der Waals surface area contributed by atoms with E-state index in [1.54, 1.807) is 6.92 Å². The van der Waals surface area contributed by atoms with Crippen LogP contribution < -0.4 is 10.6 Å². The summed E-state index contributed by atoms with van der Waals surface area (Å²) >= 11 is 0. The quantitative estimate of drug-likeness (QED) is 0.613. The number of carbonyl (C=O) groups is 1. The Morgan fingerprint density at radius 1 is 1.47 bits per heavy atom. The number of nitro groups is 1. The summed E-state index contributed by atoms with van der Waals surface area (Å²) in [7, 11) is 0. The first-order valence-electron chi connectivity index (χ1n) is 5.54. The van der Waals surface area contributed by atoms with Gasteiger partial charge < -0.3 is 10.6 Å². The van der Waals surface area contributed by atoms with Crippen LogP contribution in [-0.4, -0.2) is 30.3 Å². The molecule has 0 fully saturated rings. The molecule has 2 N–H and O–H groups in total. The highest BCUT2D eigenvalue weighted by atomic mass is 19.3. The first kappa shape index (κ1) is 14.8. The number of benzene rings is 1. The monoisotopic (exact) mass is 273 g/mol. The van der Waals surface area contributed by atoms with Crippen LogP contribution in [0.25, 0.3) is 0 Å². The van der Waals surface area contributed by atoms with Gasteiger partial charge in [-0.2, -0.15) is 0 Å². The van der Waals surface area contributed by atoms with Crippen LogP contribution in [0.15, 0.2) is 18.2 Å². The Hall–Kier alpha value is -2.25. The molecule has 0 spiro atoms. The van der Waals surface area contributed by atoms with E-state index in [1.807, 2.05) is 0 Å². The molecular formula is C11H13F2N3O3. The molecule has 1 aromatic rings. The summed E-state index contributed by atoms with van der Waals surface area (Å²) in [5, 5.41) is 15.6. The number of hydrogen-bond donors (Lipinski definition) is 2. The number of amides is 1. The van der Waals surface area contributed by atoms with Gasteiger partial charge in [-0.3, -0.25) is 14.9 Å². The molecule has 0 saturated carbocycles. The Labute approximate surface area is 108 Å². The fourth-order valence-corrected chi connectivity index (χ4v) is 1.42. The van der Waals surface area contributed by atoms with Crippen LogP contribution in [0.3, 0.4) is 0 Å². The molecule has 0 aliphatic carbocycles. The van der Waals surface area contributed by atoms with Crippen molar-refractivity contribution in [3.63, 3.8) is 0 Å². The molecular weight excluding hydrogens is 260 g/mol. The predicted octanol–water partition coefficient (Wildman–Crippen LogP) is 2.02. The van der Waals surface area contributed by atoms with Crippen LogP contribution in [0.2, 0.25) is 0 Å². The average molecular weight is 273 g/mol. The minimum absolute atomic E-state index is 0.0432. The Bertz CT molecular complexity index is 480. The SMILES string of the molecule is CCNC(=O)c1ccc(NCC(F)F)c([N+](=O)[O-])c1. The van der Waals surface area contributed by atoms with E-state index in [2.05, 4.69) is 10.6 Å². The Morgan fingerprint density at radius 2 is 2.16 bits per heavy atom. The van der Waals surface area contributed by atoms with Crippen molar-refractivity contribution in [3.8, 4) is 0 Å². The van der Waals surface area contributed by atoms with Crippen LogP contribution in [0.1, 0.15) is 17.3 Å². The first-order valence-corrected chi connectivity index (χ1v) is 5.54. The van der Waals surface area contributed by atoms with E-state index in [-0.39, 0.29) is 11.3 Å². The van der Waals surface area contributed by atoms with Gasteiger partial charge in [0.15, 0.2) is 0 Å². The van der Waals surface area contributed by atoms with Gasteiger partial charge in [-0.25, -0.2) is 8.78 Å². The van der Waals surface area contributed by atoms with Gasteiger partial charge >= 0.3 is 0 Å². The number of nitrogens with one attached hydrogen (secondary N) is 2. The fourth-order valence-electron chi connectivity index (χ4n) is 1.42. The zero-order valence-corrected chi connectivity index (χ0v) is 10.2. The van der Waals surface area contributed by atoms with Crippen molar-refractivity contribution in [1.29, 1.82) is 0 Å². The molecule has 8 heteroatoms. The van der Waals surface area contributed by atoms with E-state index in [1.165, 1.54) is 12.1 Å². The number of hydrogen-bond acceptors (Lipinski definition) is 4. The molecule has 0 radical (unpaired) electrons. The largest absolute Gasteiger partial charge is 0.374 e. The van der Waals surface area contributed by atoms with Crippen LogP contribution in [-0.2, 0) is 0 Å². The maximum Gasteiger partial charge on any atom is 0.293 e. The van der Waals surface area contributed by atoms with Crippen molar-refractivity contribution in [3.05, 3.63) is 33.9 Å². The summed E-state index contributed by atoms with van der Waals surface area (Å²) in [6, 6.07) is 3.63. The van der Waals surface area contributed by atoms with Crippen molar-refractivity contribution in [1.82, 2.24) is 5.32 Å². The van der Waals surface area contributed by atoms with E-state index in [0.717, 1.165) is 6.07 Å². The molecule has 1 rings (SSSR count). The lowest BCUT2D eigenvalue weighted by Crippen LogP contribution is -2.22. The van der Waals surface area contributed by atoms with Gasteiger partial charge in [0.2, 0.25) is 0 Å². The highest BCUT2D eigenvalue weighted by molar-refractivity contribution is 5.95. The van der Waals surface area contributed by atoms with Gasteiger partial charge in [-0.15, -0.1) is 0 Å². The van der Waals surface area contributed by atoms with E-state index < -0.39 is 29.5 Å². The Kier molecular flexibility index (Phi) is 5.16. The summed E-state index contributed by atoms with van der Waals surface area (Å²) in [5.74, 6) is -0.453. The van der Waals surface area contributed by atoms with Crippen molar-refractivity contribution in [2.24, 2.45) is 0 Å². The second-order valence-electron chi connectivity index (χ2n) is 3.62. The van der Waals surface area contributed by atoms with Crippen molar-refractivity contribution in [2.45, 2.75) is 13.3 Å². The number of carbonyl (C=O) groups excluding carboxylic acids is 1. The standard InChI is InChI=1S/C11H13F2N3O3/c1-2-14-11(17)7-3-4-8(15-6-10(12)13)9(5-7)16(18)19/h3-5,10,15H,2,6H2,1H3,(H,14,17). The number of nitrogens with zero attached hydrogens (tertiary/aromatic N) is 1. The van der Waals surface area contributed by atoms with Crippen LogP contribution in [0.5, 0.6) is 0 Å². The third kappa shape index (κ3) is 4.16. The molecule has 0 aromatic heterocycles. The van der Waals surface area contributed by atoms with Gasteiger partial charge in [-0.05, 0) is 19.1 Å². The highest BCUT2D eigenvalue weighted by Gasteiger charge is 2.18. The number of alkyl halides is 2. The second-order valence-corrected chi connectivity index (χ2v) is 3.62. The molecule has 6 nitrogen and oxygen atoms in total. The topological polar surface area (TPSA) is 84.3 Å². The highest BCUT2D eigenvalue weighted by Crippen LogP contribution is 2.25. The first-order chi connectivity index (χ1) is 8.95. The van der Waals surface area contributed by atoms with Gasteiger partial charge in [0, 0.05) is 18.2 Å². The molecule has 1 amide bonds. The van der Waals surface area contributed by atoms with E-state index in [9.17, 15) is 23.7 Å². The zero-order chi connectivity index (χ0) is 14.4. The summed E-state index contributed by atoms with van der Waals surface area (Å²) in [6.07, 6.45) is -2.62. The molecule has 0 atom stereocenters. The third-order valence-corrected chi connectivity index (χ3v) is 2.24. The Morgan fingerprint density at radius 3 is 2.68 bits per heavy atom. The maximum atomic E-state index is 12.1. The predicted molar refractivity (Wildman–Crippen MR) is 65.6 cm³/mol. The minimum Gasteiger partial charge on any atom is -0.374 e. The van der Waals surface area contributed by atoms with Gasteiger partial charge in [0.1, 0.15) is 5.69 Å². The number of halogens is 2. The number of nitro benzene ring substituents is 1. The fraction of sp³-hybridized carbons (Fsp3) is 0.364. The molecule has 0 aliphatic heterocycles. The lowest BCUT2D eigenvalue weighted by atomic mass is 10.1. The molecule has 0 bridgehead atoms. The van der Waals surface area contributed by atoms with E-state index in [0.29, 0.717) is 6.54 Å². The smallest absolute Gasteiger partial charge is 0.293 e. The lowest BCUT2D eigenvalue weighted by molar-refractivity contribution is -0.384. The van der Waals surface area contributed by atoms with E-state index in [4.69, 9.17) is 0 Å². The maximum absolute atomic E-state index is 12.1. The van der Waals surface area contributed by atoms with Gasteiger partial charge in [0.25, 0.3) is 18.0 Å².